The third-order valence-corrected chi connectivity index (χ3v) is 3.35. The molecule has 0 unspecified atom stereocenters. The van der Waals surface area contributed by atoms with Crippen molar-refractivity contribution in [3.05, 3.63) is 53.8 Å². The van der Waals surface area contributed by atoms with Gasteiger partial charge in [0.05, 0.1) is 13.7 Å². The highest BCUT2D eigenvalue weighted by Gasteiger charge is 2.07. The fourth-order valence-electron chi connectivity index (χ4n) is 2.16. The highest BCUT2D eigenvalue weighted by molar-refractivity contribution is 5.93. The largest absolute Gasteiger partial charge is 0.493 e. The Morgan fingerprint density at radius 2 is 1.96 bits per heavy atom. The Bertz CT molecular complexity index is 704. The number of nitrogens with one attached hydrogen (secondary N) is 2. The molecule has 2 aromatic carbocycles. The van der Waals surface area contributed by atoms with Crippen LogP contribution in [0.1, 0.15) is 12.5 Å². The lowest BCUT2D eigenvalue weighted by molar-refractivity contribution is 0.311. The first-order chi connectivity index (χ1) is 11.7. The van der Waals surface area contributed by atoms with Crippen LogP contribution in [0.25, 0.3) is 0 Å². The van der Waals surface area contributed by atoms with E-state index in [0.29, 0.717) is 36.2 Å². The molecule has 0 aliphatic heterocycles. The van der Waals surface area contributed by atoms with Gasteiger partial charge in [0.2, 0.25) is 0 Å². The van der Waals surface area contributed by atoms with Crippen molar-refractivity contribution < 1.29 is 13.9 Å². The Labute approximate surface area is 141 Å². The maximum absolute atomic E-state index is 13.7. The molecule has 0 fully saturated rings. The second-order valence-electron chi connectivity index (χ2n) is 4.94. The fraction of sp³-hybridized carbons (Fsp3) is 0.278. The smallest absolute Gasteiger partial charge is 0.195 e. The van der Waals surface area contributed by atoms with Crippen LogP contribution in [0.5, 0.6) is 11.5 Å². The number of hydrogen-bond acceptors (Lipinski definition) is 3. The van der Waals surface area contributed by atoms with E-state index in [1.807, 2.05) is 25.1 Å². The van der Waals surface area contributed by atoms with Crippen LogP contribution in [0.2, 0.25) is 0 Å². The third kappa shape index (κ3) is 4.62. The average Bonchev–Trinajstić information content (AvgIpc) is 2.61. The van der Waals surface area contributed by atoms with Gasteiger partial charge < -0.3 is 20.1 Å². The van der Waals surface area contributed by atoms with Crippen molar-refractivity contribution in [1.29, 1.82) is 0 Å². The second kappa shape index (κ2) is 8.76. The van der Waals surface area contributed by atoms with Crippen LogP contribution in [-0.4, -0.2) is 26.7 Å². The van der Waals surface area contributed by atoms with Gasteiger partial charge in [0.1, 0.15) is 5.82 Å². The first kappa shape index (κ1) is 17.6. The first-order valence-electron chi connectivity index (χ1n) is 7.69. The number of benzene rings is 2. The summed E-state index contributed by atoms with van der Waals surface area (Å²) in [6, 6.07) is 12.1. The van der Waals surface area contributed by atoms with Gasteiger partial charge >= 0.3 is 0 Å². The number of guanidine groups is 1. The molecule has 6 heteroatoms. The summed E-state index contributed by atoms with van der Waals surface area (Å²) < 4.78 is 24.5. The maximum atomic E-state index is 13.7. The van der Waals surface area contributed by atoms with E-state index in [4.69, 9.17) is 9.47 Å². The number of aliphatic imine (C=N–C) groups is 1. The predicted octanol–water partition coefficient (Wildman–Crippen LogP) is 3.42. The van der Waals surface area contributed by atoms with Crippen LogP contribution in [-0.2, 0) is 6.54 Å². The van der Waals surface area contributed by atoms with Crippen LogP contribution in [0.3, 0.4) is 0 Å². The Hall–Kier alpha value is -2.76. The number of halogens is 1. The molecule has 0 bridgehead atoms. The molecule has 2 N–H and O–H groups in total. The molecule has 2 aromatic rings. The Balaban J connectivity index is 2.04. The van der Waals surface area contributed by atoms with Crippen molar-refractivity contribution in [2.45, 2.75) is 13.5 Å². The minimum atomic E-state index is -0.247. The summed E-state index contributed by atoms with van der Waals surface area (Å²) in [7, 11) is 3.25. The lowest BCUT2D eigenvalue weighted by Crippen LogP contribution is -2.30. The van der Waals surface area contributed by atoms with E-state index in [1.165, 1.54) is 6.07 Å². The van der Waals surface area contributed by atoms with Crippen LogP contribution in [0.4, 0.5) is 10.1 Å². The zero-order valence-corrected chi connectivity index (χ0v) is 14.1. The summed E-state index contributed by atoms with van der Waals surface area (Å²) in [5.41, 5.74) is 1.36. The molecule has 2 rings (SSSR count). The number of nitrogens with zero attached hydrogens (tertiary/aromatic N) is 1. The van der Waals surface area contributed by atoms with Crippen molar-refractivity contribution >= 4 is 11.6 Å². The molecule has 0 radical (unpaired) electrons. The molecule has 128 valence electrons. The van der Waals surface area contributed by atoms with Crippen LogP contribution in [0, 0.1) is 5.82 Å². The standard InChI is InChI=1S/C18H22FN3O2/c1-4-24-16-10-9-14(11-17(16)23-3)22-18(20-2)21-12-13-7-5-6-8-15(13)19/h5-11H,4,12H2,1-3H3,(H2,20,21,22). The third-order valence-electron chi connectivity index (χ3n) is 3.35. The monoisotopic (exact) mass is 331 g/mol. The van der Waals surface area contributed by atoms with Crippen molar-refractivity contribution in [2.24, 2.45) is 4.99 Å². The van der Waals surface area contributed by atoms with Crippen LogP contribution >= 0.6 is 0 Å². The Kier molecular flexibility index (Phi) is 6.42. The molecule has 0 spiro atoms. The van der Waals surface area contributed by atoms with Gasteiger partial charge in [-0.05, 0) is 25.1 Å². The summed E-state index contributed by atoms with van der Waals surface area (Å²) in [5, 5.41) is 6.22. The minimum Gasteiger partial charge on any atom is -0.493 e. The molecule has 0 aliphatic carbocycles. The van der Waals surface area contributed by atoms with E-state index >= 15 is 0 Å². The molecule has 0 amide bonds. The molecular weight excluding hydrogens is 309 g/mol. The van der Waals surface area contributed by atoms with Crippen molar-refractivity contribution in [1.82, 2.24) is 5.32 Å². The first-order valence-corrected chi connectivity index (χ1v) is 7.69. The zero-order valence-electron chi connectivity index (χ0n) is 14.1. The zero-order chi connectivity index (χ0) is 17.4. The lowest BCUT2D eigenvalue weighted by Gasteiger charge is -2.14. The van der Waals surface area contributed by atoms with E-state index < -0.39 is 0 Å². The van der Waals surface area contributed by atoms with E-state index in [-0.39, 0.29) is 5.82 Å². The molecule has 0 atom stereocenters. The van der Waals surface area contributed by atoms with Crippen molar-refractivity contribution in [3.63, 3.8) is 0 Å². The predicted molar refractivity (Wildman–Crippen MR) is 94.4 cm³/mol. The van der Waals surface area contributed by atoms with Gasteiger partial charge in [-0.2, -0.15) is 0 Å². The quantitative estimate of drug-likeness (QED) is 0.629. The Morgan fingerprint density at radius 3 is 2.62 bits per heavy atom. The van der Waals surface area contributed by atoms with E-state index in [9.17, 15) is 4.39 Å². The van der Waals surface area contributed by atoms with Gasteiger partial charge in [-0.25, -0.2) is 4.39 Å². The molecule has 0 heterocycles. The number of rotatable bonds is 6. The van der Waals surface area contributed by atoms with Gasteiger partial charge in [-0.15, -0.1) is 0 Å². The normalized spacial score (nSPS) is 11.1. The summed E-state index contributed by atoms with van der Waals surface area (Å²) in [4.78, 5) is 4.14. The van der Waals surface area contributed by atoms with Gasteiger partial charge in [0, 0.05) is 30.9 Å². The van der Waals surface area contributed by atoms with Crippen LogP contribution in [0.15, 0.2) is 47.5 Å². The molecule has 0 aliphatic rings. The van der Waals surface area contributed by atoms with Gasteiger partial charge in [0.25, 0.3) is 0 Å². The maximum Gasteiger partial charge on any atom is 0.195 e. The topological polar surface area (TPSA) is 54.9 Å². The molecule has 0 saturated heterocycles. The highest BCUT2D eigenvalue weighted by atomic mass is 19.1. The number of hydrogen-bond donors (Lipinski definition) is 2. The highest BCUT2D eigenvalue weighted by Crippen LogP contribution is 2.30. The average molecular weight is 331 g/mol. The van der Waals surface area contributed by atoms with E-state index in [1.54, 1.807) is 32.4 Å². The second-order valence-corrected chi connectivity index (χ2v) is 4.94. The summed E-state index contributed by atoms with van der Waals surface area (Å²) in [6.45, 7) is 2.82. The fourth-order valence-corrected chi connectivity index (χ4v) is 2.16. The molecule has 0 aromatic heterocycles. The minimum absolute atomic E-state index is 0.247. The number of anilines is 1. The molecule has 24 heavy (non-hydrogen) atoms. The Morgan fingerprint density at radius 1 is 1.17 bits per heavy atom. The van der Waals surface area contributed by atoms with Gasteiger partial charge in [-0.1, -0.05) is 18.2 Å². The molecular formula is C18H22FN3O2. The van der Waals surface area contributed by atoms with Crippen molar-refractivity contribution in [2.75, 3.05) is 26.1 Å². The SMILES string of the molecule is CCOc1ccc(NC(=NC)NCc2ccccc2F)cc1OC. The lowest BCUT2D eigenvalue weighted by atomic mass is 10.2. The summed E-state index contributed by atoms with van der Waals surface area (Å²) in [5.74, 6) is 1.60. The van der Waals surface area contributed by atoms with Gasteiger partial charge in [0.15, 0.2) is 17.5 Å². The summed E-state index contributed by atoms with van der Waals surface area (Å²) >= 11 is 0. The number of methoxy groups -OCH3 is 1. The van der Waals surface area contributed by atoms with E-state index in [2.05, 4.69) is 15.6 Å². The summed E-state index contributed by atoms with van der Waals surface area (Å²) in [6.07, 6.45) is 0. The van der Waals surface area contributed by atoms with Crippen LogP contribution < -0.4 is 20.1 Å². The van der Waals surface area contributed by atoms with E-state index in [0.717, 1.165) is 5.69 Å². The number of ether oxygens (including phenoxy) is 2. The van der Waals surface area contributed by atoms with Gasteiger partial charge in [-0.3, -0.25) is 4.99 Å². The molecule has 0 saturated carbocycles. The van der Waals surface area contributed by atoms with Crippen molar-refractivity contribution in [3.8, 4) is 11.5 Å². The molecule has 5 nitrogen and oxygen atoms in total.